The molecule has 1 aliphatic heterocycles. The fraction of sp³-hybridized carbons (Fsp3) is 0.385. The van der Waals surface area contributed by atoms with Gasteiger partial charge in [-0.25, -0.2) is 0 Å². The summed E-state index contributed by atoms with van der Waals surface area (Å²) in [6.45, 7) is 3.65. The molecule has 0 aromatic heterocycles. The van der Waals surface area contributed by atoms with Gasteiger partial charge in [-0.05, 0) is 37.2 Å². The molecule has 3 nitrogen and oxygen atoms in total. The second-order valence-electron chi connectivity index (χ2n) is 4.30. The number of nitriles is 1. The van der Waals surface area contributed by atoms with Crippen LogP contribution in [0.4, 0.5) is 0 Å². The minimum Gasteiger partial charge on any atom is -0.484 e. The first-order valence-corrected chi connectivity index (χ1v) is 6.77. The Morgan fingerprint density at radius 1 is 1.50 bits per heavy atom. The monoisotopic (exact) mass is 281 g/mol. The van der Waals surface area contributed by atoms with E-state index in [0.717, 1.165) is 11.8 Å². The highest BCUT2D eigenvalue weighted by atomic mass is 35.5. The van der Waals surface area contributed by atoms with E-state index >= 15 is 0 Å². The highest BCUT2D eigenvalue weighted by molar-refractivity contribution is 8.07. The molecule has 0 bridgehead atoms. The molecule has 1 aliphatic rings. The van der Waals surface area contributed by atoms with Crippen molar-refractivity contribution in [1.29, 1.82) is 5.26 Å². The van der Waals surface area contributed by atoms with Crippen molar-refractivity contribution in [3.63, 3.8) is 0 Å². The Bertz CT molecular complexity index is 542. The highest BCUT2D eigenvalue weighted by Crippen LogP contribution is 2.51. The number of fused-ring (bicyclic) bond motifs is 1. The number of carbonyl (C=O) groups excluding carboxylic acids is 1. The average Bonchev–Trinajstić information content (AvgIpc) is 2.37. The van der Waals surface area contributed by atoms with Crippen molar-refractivity contribution in [1.82, 2.24) is 0 Å². The number of carbonyl (C=O) groups is 1. The Labute approximate surface area is 115 Å². The SMILES string of the molecule is CC[C@]1(C)Oc2ccccc2C(=O)[C@]1(Cl)SC#N. The van der Waals surface area contributed by atoms with E-state index < -0.39 is 9.81 Å². The Kier molecular flexibility index (Phi) is 3.31. The predicted octanol–water partition coefficient (Wildman–Crippen LogP) is 3.58. The maximum atomic E-state index is 12.5. The molecule has 94 valence electrons. The third-order valence-corrected chi connectivity index (χ3v) is 5.09. The molecule has 0 N–H and O–H groups in total. The molecule has 0 fully saturated rings. The van der Waals surface area contributed by atoms with Gasteiger partial charge in [0.1, 0.15) is 16.8 Å². The van der Waals surface area contributed by atoms with E-state index in [0.29, 0.717) is 17.7 Å². The van der Waals surface area contributed by atoms with E-state index in [4.69, 9.17) is 21.6 Å². The number of benzene rings is 1. The molecule has 0 radical (unpaired) electrons. The van der Waals surface area contributed by atoms with Crippen LogP contribution >= 0.6 is 23.4 Å². The Balaban J connectivity index is 2.61. The fourth-order valence-corrected chi connectivity index (χ4v) is 3.09. The molecular formula is C13H12ClNO2S. The van der Waals surface area contributed by atoms with Crippen molar-refractivity contribution in [2.75, 3.05) is 0 Å². The lowest BCUT2D eigenvalue weighted by atomic mass is 9.88. The number of ketones is 1. The number of para-hydroxylation sites is 1. The van der Waals surface area contributed by atoms with Crippen LogP contribution in [0.15, 0.2) is 24.3 Å². The predicted molar refractivity (Wildman–Crippen MR) is 71.9 cm³/mol. The van der Waals surface area contributed by atoms with E-state index in [1.807, 2.05) is 12.3 Å². The zero-order valence-electron chi connectivity index (χ0n) is 10.1. The average molecular weight is 282 g/mol. The van der Waals surface area contributed by atoms with Crippen LogP contribution in [0, 0.1) is 10.7 Å². The first-order chi connectivity index (χ1) is 8.48. The van der Waals surface area contributed by atoms with Crippen molar-refractivity contribution in [2.45, 2.75) is 30.1 Å². The lowest BCUT2D eigenvalue weighted by molar-refractivity contribution is 0.0453. The molecule has 1 aromatic rings. The summed E-state index contributed by atoms with van der Waals surface area (Å²) in [7, 11) is 0. The van der Waals surface area contributed by atoms with Crippen LogP contribution in [-0.4, -0.2) is 15.6 Å². The van der Waals surface area contributed by atoms with Gasteiger partial charge in [0, 0.05) is 0 Å². The number of thioether (sulfide) groups is 1. The van der Waals surface area contributed by atoms with Crippen LogP contribution in [0.5, 0.6) is 5.75 Å². The summed E-state index contributed by atoms with van der Waals surface area (Å²) >= 11 is 7.18. The summed E-state index contributed by atoms with van der Waals surface area (Å²) in [4.78, 5) is 12.5. The molecule has 0 amide bonds. The van der Waals surface area contributed by atoms with E-state index in [2.05, 4.69) is 0 Å². The lowest BCUT2D eigenvalue weighted by Crippen LogP contribution is -2.57. The van der Waals surface area contributed by atoms with E-state index in [1.165, 1.54) is 0 Å². The van der Waals surface area contributed by atoms with Gasteiger partial charge >= 0.3 is 0 Å². The summed E-state index contributed by atoms with van der Waals surface area (Å²) in [5.74, 6) is 0.267. The molecule has 0 spiro atoms. The van der Waals surface area contributed by atoms with Crippen molar-refractivity contribution < 1.29 is 9.53 Å². The van der Waals surface area contributed by atoms with E-state index in [-0.39, 0.29) is 5.78 Å². The summed E-state index contributed by atoms with van der Waals surface area (Å²) in [6, 6.07) is 6.97. The number of Topliss-reactive ketones (excluding diaryl/α,β-unsaturated/α-hetero) is 1. The van der Waals surface area contributed by atoms with Gasteiger partial charge in [0.05, 0.1) is 5.56 Å². The molecule has 5 heteroatoms. The van der Waals surface area contributed by atoms with Gasteiger partial charge in [-0.1, -0.05) is 30.7 Å². The van der Waals surface area contributed by atoms with Gasteiger partial charge in [-0.2, -0.15) is 5.26 Å². The first kappa shape index (κ1) is 13.3. The van der Waals surface area contributed by atoms with Gasteiger partial charge in [0.15, 0.2) is 0 Å². The number of alkyl halides is 1. The van der Waals surface area contributed by atoms with Crippen LogP contribution < -0.4 is 4.74 Å². The van der Waals surface area contributed by atoms with Crippen molar-refractivity contribution >= 4 is 29.1 Å². The third kappa shape index (κ3) is 1.70. The molecule has 1 aromatic carbocycles. The van der Waals surface area contributed by atoms with E-state index in [9.17, 15) is 4.79 Å². The van der Waals surface area contributed by atoms with Crippen LogP contribution in [-0.2, 0) is 0 Å². The maximum Gasteiger partial charge on any atom is 0.205 e. The van der Waals surface area contributed by atoms with Crippen molar-refractivity contribution in [3.8, 4) is 11.2 Å². The third-order valence-electron chi connectivity index (χ3n) is 3.30. The zero-order chi connectivity index (χ0) is 13.4. The summed E-state index contributed by atoms with van der Waals surface area (Å²) in [5.41, 5.74) is -0.471. The number of halogens is 1. The standard InChI is InChI=1S/C13H12ClNO2S/c1-3-12(2)13(14,18-8-15)11(16)9-6-4-5-7-10(9)17-12/h4-7H,3H2,1-2H3/t12-,13-/m0/s1. The fourth-order valence-electron chi connectivity index (χ4n) is 1.98. The van der Waals surface area contributed by atoms with Gasteiger partial charge in [0.2, 0.25) is 9.99 Å². The van der Waals surface area contributed by atoms with Gasteiger partial charge < -0.3 is 4.74 Å². The molecule has 1 heterocycles. The second-order valence-corrected chi connectivity index (χ2v) is 6.09. The highest BCUT2D eigenvalue weighted by Gasteiger charge is 2.58. The molecular weight excluding hydrogens is 270 g/mol. The van der Waals surface area contributed by atoms with E-state index in [1.54, 1.807) is 31.2 Å². The van der Waals surface area contributed by atoms with Crippen molar-refractivity contribution in [2.24, 2.45) is 0 Å². The Morgan fingerprint density at radius 3 is 2.78 bits per heavy atom. The van der Waals surface area contributed by atoms with Crippen LogP contribution in [0.2, 0.25) is 0 Å². The smallest absolute Gasteiger partial charge is 0.205 e. The topological polar surface area (TPSA) is 50.1 Å². The Hall–Kier alpha value is -1.18. The molecule has 2 atom stereocenters. The van der Waals surface area contributed by atoms with Crippen LogP contribution in [0.3, 0.4) is 0 Å². The van der Waals surface area contributed by atoms with Crippen LogP contribution in [0.25, 0.3) is 0 Å². The molecule has 0 saturated carbocycles. The largest absolute Gasteiger partial charge is 0.484 e. The summed E-state index contributed by atoms with van der Waals surface area (Å²) < 4.78 is 4.48. The molecule has 0 aliphatic carbocycles. The van der Waals surface area contributed by atoms with Crippen molar-refractivity contribution in [3.05, 3.63) is 29.8 Å². The lowest BCUT2D eigenvalue weighted by Gasteiger charge is -2.44. The minimum absolute atomic E-state index is 0.262. The summed E-state index contributed by atoms with van der Waals surface area (Å²) in [5, 5.41) is 10.8. The first-order valence-electron chi connectivity index (χ1n) is 5.57. The number of ether oxygens (including phenoxy) is 1. The van der Waals surface area contributed by atoms with Gasteiger partial charge in [-0.15, -0.1) is 0 Å². The number of hydrogen-bond donors (Lipinski definition) is 0. The Morgan fingerprint density at radius 2 is 2.17 bits per heavy atom. The normalized spacial score (nSPS) is 30.2. The minimum atomic E-state index is -1.40. The second kappa shape index (κ2) is 4.49. The molecule has 0 unspecified atom stereocenters. The van der Waals surface area contributed by atoms with Gasteiger partial charge in [-0.3, -0.25) is 4.79 Å². The number of nitrogens with zero attached hydrogens (tertiary/aromatic N) is 1. The maximum absolute atomic E-state index is 12.5. The molecule has 0 saturated heterocycles. The van der Waals surface area contributed by atoms with Gasteiger partial charge in [0.25, 0.3) is 0 Å². The summed E-state index contributed by atoms with van der Waals surface area (Å²) in [6.07, 6.45) is 0.533. The van der Waals surface area contributed by atoms with Crippen LogP contribution in [0.1, 0.15) is 30.6 Å². The molecule has 2 rings (SSSR count). The molecule has 18 heavy (non-hydrogen) atoms. The zero-order valence-corrected chi connectivity index (χ0v) is 11.6. The number of rotatable bonds is 2. The number of hydrogen-bond acceptors (Lipinski definition) is 4. The quantitative estimate of drug-likeness (QED) is 0.614. The number of thiocyanates is 1.